The summed E-state index contributed by atoms with van der Waals surface area (Å²) in [5.41, 5.74) is 2.04. The molecule has 202 valence electrons. The van der Waals surface area contributed by atoms with Crippen LogP contribution in [0.15, 0.2) is 53.8 Å². The molecule has 1 unspecified atom stereocenters. The third-order valence-corrected chi connectivity index (χ3v) is 8.59. The Labute approximate surface area is 225 Å². The topological polar surface area (TPSA) is 86.8 Å². The van der Waals surface area contributed by atoms with Gasteiger partial charge in [-0.15, -0.1) is 4.91 Å². The Bertz CT molecular complexity index is 1230. The average Bonchev–Trinajstić information content (AvgIpc) is 3.46. The van der Waals surface area contributed by atoms with Gasteiger partial charge >= 0.3 is 0 Å². The summed E-state index contributed by atoms with van der Waals surface area (Å²) in [4.78, 5) is 30.1. The van der Waals surface area contributed by atoms with Crippen LogP contribution in [0, 0.1) is 10.8 Å². The summed E-state index contributed by atoms with van der Waals surface area (Å²) < 4.78 is 6.25. The largest absolute Gasteiger partial charge is 0.457 e. The van der Waals surface area contributed by atoms with Crippen molar-refractivity contribution < 1.29 is 9.53 Å². The predicted molar refractivity (Wildman–Crippen MR) is 153 cm³/mol. The zero-order chi connectivity index (χ0) is 26.3. The van der Waals surface area contributed by atoms with Gasteiger partial charge in [0.25, 0.3) is 0 Å². The summed E-state index contributed by atoms with van der Waals surface area (Å²) in [6.07, 6.45) is 15.1. The molecule has 2 N–H and O–H groups in total. The van der Waals surface area contributed by atoms with Crippen LogP contribution in [0.2, 0.25) is 0 Å². The molecule has 2 aliphatic carbocycles. The summed E-state index contributed by atoms with van der Waals surface area (Å²) in [5.74, 6) is 2.09. The number of fused-ring (bicyclic) bond motifs is 1. The van der Waals surface area contributed by atoms with E-state index < -0.39 is 0 Å². The number of hydrogen-bond acceptors (Lipinski definition) is 5. The predicted octanol–water partition coefficient (Wildman–Crippen LogP) is 8.29. The van der Waals surface area contributed by atoms with E-state index in [0.29, 0.717) is 35.5 Å². The van der Waals surface area contributed by atoms with Crippen LogP contribution in [0.3, 0.4) is 0 Å². The van der Waals surface area contributed by atoms with Crippen molar-refractivity contribution in [1.29, 1.82) is 0 Å². The minimum Gasteiger partial charge on any atom is -0.457 e. The number of nitrogens with zero attached hydrogens (tertiary/aromatic N) is 2. The van der Waals surface area contributed by atoms with E-state index in [0.717, 1.165) is 48.8 Å². The standard InChI is InChI=1S/C31H40N4O3/c1-35(23-11-6-3-7-12-23)31(36)18-17-26(22-9-4-2-5-10-22)33-29-21-24(15-16-28(29)34-37)38-30-14-8-13-27-25(30)19-20-32-27/h8,13-16,19-23,26,32-33H,2-7,9-12,17-18H2,1H3. The fourth-order valence-corrected chi connectivity index (χ4v) is 6.34. The third-order valence-electron chi connectivity index (χ3n) is 8.59. The Hall–Kier alpha value is -3.35. The Morgan fingerprint density at radius 1 is 1.05 bits per heavy atom. The van der Waals surface area contributed by atoms with Crippen molar-refractivity contribution >= 4 is 28.2 Å². The highest BCUT2D eigenvalue weighted by Gasteiger charge is 2.27. The van der Waals surface area contributed by atoms with Crippen LogP contribution in [0.1, 0.15) is 77.0 Å². The third kappa shape index (κ3) is 6.20. The van der Waals surface area contributed by atoms with E-state index >= 15 is 0 Å². The number of nitroso groups, excluding NO2 is 1. The molecule has 2 saturated carbocycles. The first-order chi connectivity index (χ1) is 18.6. The second kappa shape index (κ2) is 12.5. The number of nitrogens with one attached hydrogen (secondary N) is 2. The van der Waals surface area contributed by atoms with Crippen molar-refractivity contribution in [2.24, 2.45) is 11.1 Å². The number of aromatic amines is 1. The lowest BCUT2D eigenvalue weighted by molar-refractivity contribution is -0.132. The number of ether oxygens (including phenoxy) is 1. The van der Waals surface area contributed by atoms with Crippen LogP contribution in [-0.2, 0) is 4.79 Å². The van der Waals surface area contributed by atoms with Gasteiger partial charge in [0.2, 0.25) is 5.91 Å². The van der Waals surface area contributed by atoms with E-state index in [1.807, 2.05) is 48.5 Å². The summed E-state index contributed by atoms with van der Waals surface area (Å²) >= 11 is 0. The molecular formula is C31H40N4O3. The Morgan fingerprint density at radius 3 is 2.58 bits per heavy atom. The SMILES string of the molecule is CN(C(=O)CCC(Nc1cc(Oc2cccc3[nH]ccc23)ccc1N=O)C1CCCCC1)C1CCCCC1. The number of H-pyrrole nitrogens is 1. The maximum Gasteiger partial charge on any atom is 0.222 e. The van der Waals surface area contributed by atoms with Crippen molar-refractivity contribution in [1.82, 2.24) is 9.88 Å². The molecule has 0 aliphatic heterocycles. The van der Waals surface area contributed by atoms with Gasteiger partial charge in [-0.25, -0.2) is 0 Å². The monoisotopic (exact) mass is 516 g/mol. The molecule has 1 heterocycles. The van der Waals surface area contributed by atoms with E-state index in [-0.39, 0.29) is 11.9 Å². The van der Waals surface area contributed by atoms with Crippen molar-refractivity contribution in [2.45, 2.75) is 89.1 Å². The molecule has 5 rings (SSSR count). The van der Waals surface area contributed by atoms with Crippen LogP contribution in [-0.4, -0.2) is 34.9 Å². The Balaban J connectivity index is 1.32. The van der Waals surface area contributed by atoms with Gasteiger partial charge in [0, 0.05) is 48.7 Å². The maximum atomic E-state index is 13.2. The fourth-order valence-electron chi connectivity index (χ4n) is 6.34. The van der Waals surface area contributed by atoms with Gasteiger partial charge in [-0.05, 0) is 73.5 Å². The lowest BCUT2D eigenvalue weighted by atomic mass is 9.82. The maximum absolute atomic E-state index is 13.2. The number of carbonyl (C=O) groups is 1. The van der Waals surface area contributed by atoms with Gasteiger partial charge in [-0.2, -0.15) is 0 Å². The van der Waals surface area contributed by atoms with Gasteiger partial charge in [0.1, 0.15) is 17.2 Å². The first-order valence-electron chi connectivity index (χ1n) is 14.4. The average molecular weight is 517 g/mol. The first kappa shape index (κ1) is 26.3. The van der Waals surface area contributed by atoms with Crippen molar-refractivity contribution in [3.63, 3.8) is 0 Å². The number of aromatic nitrogens is 1. The zero-order valence-electron chi connectivity index (χ0n) is 22.5. The van der Waals surface area contributed by atoms with Crippen LogP contribution in [0.5, 0.6) is 11.5 Å². The minimum atomic E-state index is 0.0999. The molecule has 1 aromatic heterocycles. The smallest absolute Gasteiger partial charge is 0.222 e. The van der Waals surface area contributed by atoms with Crippen molar-refractivity contribution in [2.75, 3.05) is 12.4 Å². The molecule has 2 aliphatic rings. The lowest BCUT2D eigenvalue weighted by Crippen LogP contribution is -2.39. The first-order valence-corrected chi connectivity index (χ1v) is 14.4. The summed E-state index contributed by atoms with van der Waals surface area (Å²) in [5, 5.41) is 7.94. The normalized spacial score (nSPS) is 17.7. The second-order valence-corrected chi connectivity index (χ2v) is 11.1. The van der Waals surface area contributed by atoms with Gasteiger partial charge in [-0.1, -0.05) is 44.6 Å². The van der Waals surface area contributed by atoms with Gasteiger partial charge in [0.05, 0.1) is 5.69 Å². The second-order valence-electron chi connectivity index (χ2n) is 11.1. The quantitative estimate of drug-likeness (QED) is 0.265. The van der Waals surface area contributed by atoms with Crippen LogP contribution in [0.4, 0.5) is 11.4 Å². The van der Waals surface area contributed by atoms with E-state index in [1.165, 1.54) is 38.5 Å². The highest BCUT2D eigenvalue weighted by molar-refractivity contribution is 5.86. The fraction of sp³-hybridized carbons (Fsp3) is 0.516. The van der Waals surface area contributed by atoms with Crippen molar-refractivity contribution in [3.8, 4) is 11.5 Å². The molecule has 7 heteroatoms. The lowest BCUT2D eigenvalue weighted by Gasteiger charge is -2.34. The summed E-state index contributed by atoms with van der Waals surface area (Å²) in [6.45, 7) is 0. The van der Waals surface area contributed by atoms with Gasteiger partial charge in [-0.3, -0.25) is 4.79 Å². The molecule has 0 spiro atoms. The number of amides is 1. The highest BCUT2D eigenvalue weighted by Crippen LogP contribution is 2.37. The van der Waals surface area contributed by atoms with Crippen LogP contribution >= 0.6 is 0 Å². The molecule has 0 radical (unpaired) electrons. The molecule has 0 saturated heterocycles. The van der Waals surface area contributed by atoms with Crippen LogP contribution in [0.25, 0.3) is 10.9 Å². The van der Waals surface area contributed by atoms with Crippen molar-refractivity contribution in [3.05, 3.63) is 53.6 Å². The number of hydrogen-bond donors (Lipinski definition) is 2. The molecule has 1 atom stereocenters. The summed E-state index contributed by atoms with van der Waals surface area (Å²) in [7, 11) is 1.97. The van der Waals surface area contributed by atoms with E-state index in [9.17, 15) is 9.70 Å². The van der Waals surface area contributed by atoms with E-state index in [1.54, 1.807) is 12.1 Å². The van der Waals surface area contributed by atoms with E-state index in [4.69, 9.17) is 4.74 Å². The Kier molecular flexibility index (Phi) is 8.61. The number of rotatable bonds is 10. The molecule has 2 aromatic carbocycles. The molecule has 1 amide bonds. The molecule has 0 bridgehead atoms. The highest BCUT2D eigenvalue weighted by atomic mass is 16.5. The molecule has 2 fully saturated rings. The number of carbonyl (C=O) groups excluding carboxylic acids is 1. The Morgan fingerprint density at radius 2 is 1.82 bits per heavy atom. The molecular weight excluding hydrogens is 476 g/mol. The van der Waals surface area contributed by atoms with E-state index in [2.05, 4.69) is 15.5 Å². The van der Waals surface area contributed by atoms with Crippen LogP contribution < -0.4 is 10.1 Å². The number of benzene rings is 2. The molecule has 3 aromatic rings. The minimum absolute atomic E-state index is 0.0999. The van der Waals surface area contributed by atoms with Gasteiger partial charge < -0.3 is 19.9 Å². The zero-order valence-corrected chi connectivity index (χ0v) is 22.5. The number of anilines is 1. The summed E-state index contributed by atoms with van der Waals surface area (Å²) in [6, 6.07) is 13.7. The van der Waals surface area contributed by atoms with Gasteiger partial charge in [0.15, 0.2) is 0 Å². The molecule has 38 heavy (non-hydrogen) atoms. The molecule has 7 nitrogen and oxygen atoms in total.